The summed E-state index contributed by atoms with van der Waals surface area (Å²) in [5.74, 6) is -0.203. The van der Waals surface area contributed by atoms with Gasteiger partial charge in [0.2, 0.25) is 0 Å². The highest BCUT2D eigenvalue weighted by atomic mass is 32.2. The Kier molecular flexibility index (Phi) is 5.06. The molecule has 2 rings (SSSR count). The highest BCUT2D eigenvalue weighted by Crippen LogP contribution is 2.38. The Morgan fingerprint density at radius 1 is 1.40 bits per heavy atom. The van der Waals surface area contributed by atoms with Crippen molar-refractivity contribution in [2.45, 2.75) is 61.3 Å². The Morgan fingerprint density at radius 3 is 2.70 bits per heavy atom. The number of rotatable bonds is 4. The second-order valence-electron chi connectivity index (χ2n) is 5.78. The van der Waals surface area contributed by atoms with Crippen molar-refractivity contribution in [2.75, 3.05) is 0 Å². The molecule has 1 aliphatic rings. The molecule has 0 aromatic heterocycles. The predicted octanol–water partition coefficient (Wildman–Crippen LogP) is 4.12. The number of hydrogen-bond acceptors (Lipinski definition) is 3. The molecule has 0 radical (unpaired) electrons. The van der Waals surface area contributed by atoms with Crippen LogP contribution in [0.2, 0.25) is 0 Å². The summed E-state index contributed by atoms with van der Waals surface area (Å²) in [6, 6.07) is 9.42. The number of hydrogen-bond donors (Lipinski definition) is 1. The third-order valence-corrected chi connectivity index (χ3v) is 4.88. The van der Waals surface area contributed by atoms with E-state index in [4.69, 9.17) is 0 Å². The summed E-state index contributed by atoms with van der Waals surface area (Å²) in [7, 11) is 0. The normalized spacial score (nSPS) is 26.4. The minimum Gasteiger partial charge on any atom is -0.297 e. The van der Waals surface area contributed by atoms with Gasteiger partial charge in [-0.1, -0.05) is 0 Å². The zero-order chi connectivity index (χ0) is 14.6. The van der Waals surface area contributed by atoms with E-state index in [1.165, 1.54) is 12.1 Å². The van der Waals surface area contributed by atoms with Crippen molar-refractivity contribution in [1.29, 1.82) is 5.26 Å². The molecule has 2 atom stereocenters. The highest BCUT2D eigenvalue weighted by Gasteiger charge is 2.37. The molecule has 1 aromatic rings. The first kappa shape index (κ1) is 15.3. The summed E-state index contributed by atoms with van der Waals surface area (Å²) in [5, 5.41) is 13.4. The average Bonchev–Trinajstić information content (AvgIpc) is 2.41. The van der Waals surface area contributed by atoms with Crippen molar-refractivity contribution in [2.24, 2.45) is 0 Å². The Labute approximate surface area is 124 Å². The second kappa shape index (κ2) is 6.60. The van der Waals surface area contributed by atoms with Crippen LogP contribution in [0.15, 0.2) is 29.2 Å². The van der Waals surface area contributed by atoms with Crippen molar-refractivity contribution in [3.63, 3.8) is 0 Å². The Balaban J connectivity index is 2.03. The molecular formula is C16H21FN2S. The third kappa shape index (κ3) is 3.97. The van der Waals surface area contributed by atoms with Gasteiger partial charge in [0.1, 0.15) is 11.4 Å². The van der Waals surface area contributed by atoms with Gasteiger partial charge in [-0.15, -0.1) is 11.8 Å². The van der Waals surface area contributed by atoms with Crippen LogP contribution in [-0.4, -0.2) is 16.8 Å². The second-order valence-corrected chi connectivity index (χ2v) is 7.16. The summed E-state index contributed by atoms with van der Waals surface area (Å²) in [6.45, 7) is 4.16. The van der Waals surface area contributed by atoms with Gasteiger partial charge >= 0.3 is 0 Å². The van der Waals surface area contributed by atoms with Gasteiger partial charge in [0.15, 0.2) is 0 Å². The maximum Gasteiger partial charge on any atom is 0.123 e. The van der Waals surface area contributed by atoms with Crippen LogP contribution in [0.4, 0.5) is 4.39 Å². The predicted molar refractivity (Wildman–Crippen MR) is 81.1 cm³/mol. The summed E-state index contributed by atoms with van der Waals surface area (Å²) in [6.07, 6.45) is 3.95. The summed E-state index contributed by atoms with van der Waals surface area (Å²) < 4.78 is 12.9. The van der Waals surface area contributed by atoms with Crippen molar-refractivity contribution in [1.82, 2.24) is 5.32 Å². The average molecular weight is 292 g/mol. The molecule has 1 N–H and O–H groups in total. The molecule has 1 aromatic carbocycles. The van der Waals surface area contributed by atoms with E-state index in [2.05, 4.69) is 25.2 Å². The van der Waals surface area contributed by atoms with E-state index in [1.54, 1.807) is 11.8 Å². The number of thioether (sulfide) groups is 1. The maximum atomic E-state index is 12.9. The molecule has 1 saturated carbocycles. The molecular weight excluding hydrogens is 271 g/mol. The third-order valence-electron chi connectivity index (χ3n) is 3.60. The lowest BCUT2D eigenvalue weighted by Gasteiger charge is -2.37. The minimum atomic E-state index is -0.399. The largest absolute Gasteiger partial charge is 0.297 e. The van der Waals surface area contributed by atoms with Crippen LogP contribution in [0.25, 0.3) is 0 Å². The van der Waals surface area contributed by atoms with E-state index < -0.39 is 5.54 Å². The first-order chi connectivity index (χ1) is 9.53. The van der Waals surface area contributed by atoms with Gasteiger partial charge in [0.05, 0.1) is 6.07 Å². The molecule has 0 bridgehead atoms. The Morgan fingerprint density at radius 2 is 2.10 bits per heavy atom. The van der Waals surface area contributed by atoms with Crippen LogP contribution in [-0.2, 0) is 0 Å². The zero-order valence-electron chi connectivity index (χ0n) is 12.0. The van der Waals surface area contributed by atoms with E-state index in [9.17, 15) is 9.65 Å². The molecule has 0 heterocycles. The molecule has 108 valence electrons. The molecule has 20 heavy (non-hydrogen) atoms. The lowest BCUT2D eigenvalue weighted by Crippen LogP contribution is -2.51. The van der Waals surface area contributed by atoms with Gasteiger partial charge in [-0.25, -0.2) is 4.39 Å². The van der Waals surface area contributed by atoms with Crippen molar-refractivity contribution in [3.05, 3.63) is 30.1 Å². The Hall–Kier alpha value is -1.05. The fraction of sp³-hybridized carbons (Fsp3) is 0.562. The molecule has 1 fully saturated rings. The quantitative estimate of drug-likeness (QED) is 0.906. The molecule has 1 aliphatic carbocycles. The molecule has 0 aliphatic heterocycles. The van der Waals surface area contributed by atoms with Gasteiger partial charge in [-0.05, 0) is 63.8 Å². The molecule has 0 amide bonds. The van der Waals surface area contributed by atoms with Crippen LogP contribution in [0.5, 0.6) is 0 Å². The molecule has 0 spiro atoms. The lowest BCUT2D eigenvalue weighted by molar-refractivity contribution is 0.284. The van der Waals surface area contributed by atoms with Crippen LogP contribution in [0.1, 0.15) is 39.5 Å². The van der Waals surface area contributed by atoms with Gasteiger partial charge in [-0.2, -0.15) is 5.26 Å². The number of nitriles is 1. The van der Waals surface area contributed by atoms with E-state index in [0.717, 1.165) is 30.6 Å². The smallest absolute Gasteiger partial charge is 0.123 e. The van der Waals surface area contributed by atoms with Crippen molar-refractivity contribution < 1.29 is 4.39 Å². The van der Waals surface area contributed by atoms with Crippen molar-refractivity contribution in [3.8, 4) is 6.07 Å². The molecule has 2 nitrogen and oxygen atoms in total. The van der Waals surface area contributed by atoms with Gasteiger partial charge in [0.25, 0.3) is 0 Å². The van der Waals surface area contributed by atoms with Crippen molar-refractivity contribution >= 4 is 11.8 Å². The summed E-state index contributed by atoms with van der Waals surface area (Å²) >= 11 is 1.76. The molecule has 0 saturated heterocycles. The van der Waals surface area contributed by atoms with Crippen LogP contribution >= 0.6 is 11.8 Å². The SMILES string of the molecule is CC(C)NC1(C#N)CCCC(Sc2ccc(F)cc2)C1. The first-order valence-electron chi connectivity index (χ1n) is 7.14. The maximum absolute atomic E-state index is 12.9. The van der Waals surface area contributed by atoms with E-state index in [-0.39, 0.29) is 5.82 Å². The topological polar surface area (TPSA) is 35.8 Å². The standard InChI is InChI=1S/C16H21FN2S/c1-12(2)19-16(11-18)9-3-4-15(10-16)20-14-7-5-13(17)6-8-14/h5-8,12,15,19H,3-4,9-10H2,1-2H3. The minimum absolute atomic E-state index is 0.203. The monoisotopic (exact) mass is 292 g/mol. The summed E-state index contributed by atoms with van der Waals surface area (Å²) in [5.41, 5.74) is -0.399. The number of nitrogens with one attached hydrogen (secondary N) is 1. The van der Waals surface area contributed by atoms with Gasteiger partial charge in [-0.3, -0.25) is 5.32 Å². The van der Waals surface area contributed by atoms with E-state index >= 15 is 0 Å². The van der Waals surface area contributed by atoms with Gasteiger partial charge < -0.3 is 0 Å². The fourth-order valence-electron chi connectivity index (χ4n) is 2.85. The number of benzene rings is 1. The Bertz CT molecular complexity index is 480. The number of nitrogens with zero attached hydrogens (tertiary/aromatic N) is 1. The van der Waals surface area contributed by atoms with E-state index in [1.807, 2.05) is 12.1 Å². The molecule has 2 unspecified atom stereocenters. The van der Waals surface area contributed by atoms with Crippen LogP contribution in [0, 0.1) is 17.1 Å². The summed E-state index contributed by atoms with van der Waals surface area (Å²) in [4.78, 5) is 1.08. The molecule has 4 heteroatoms. The van der Waals surface area contributed by atoms with Crippen LogP contribution in [0.3, 0.4) is 0 Å². The number of halogens is 1. The van der Waals surface area contributed by atoms with Crippen LogP contribution < -0.4 is 5.32 Å². The van der Waals surface area contributed by atoms with E-state index in [0.29, 0.717) is 11.3 Å². The van der Waals surface area contributed by atoms with Gasteiger partial charge in [0, 0.05) is 16.2 Å². The lowest BCUT2D eigenvalue weighted by atomic mass is 9.82. The highest BCUT2D eigenvalue weighted by molar-refractivity contribution is 8.00. The first-order valence-corrected chi connectivity index (χ1v) is 8.02. The zero-order valence-corrected chi connectivity index (χ0v) is 12.8. The fourth-order valence-corrected chi connectivity index (χ4v) is 4.18.